The van der Waals surface area contributed by atoms with Gasteiger partial charge < -0.3 is 14.4 Å². The van der Waals surface area contributed by atoms with E-state index in [-0.39, 0.29) is 23.9 Å². The van der Waals surface area contributed by atoms with Crippen LogP contribution in [0, 0.1) is 13.8 Å². The van der Waals surface area contributed by atoms with E-state index in [0.717, 1.165) is 16.5 Å². The Balaban J connectivity index is 1.51. The summed E-state index contributed by atoms with van der Waals surface area (Å²) >= 11 is 0. The molecule has 0 atom stereocenters. The van der Waals surface area contributed by atoms with E-state index >= 15 is 0 Å². The Labute approximate surface area is 193 Å². The predicted octanol–water partition coefficient (Wildman–Crippen LogP) is 3.02. The molecule has 33 heavy (non-hydrogen) atoms. The van der Waals surface area contributed by atoms with Crippen LogP contribution in [0.25, 0.3) is 10.9 Å². The lowest BCUT2D eigenvalue weighted by Crippen LogP contribution is -2.50. The minimum Gasteiger partial charge on any atom is -0.493 e. The molecular weight excluding hydrogens is 442 g/mol. The van der Waals surface area contributed by atoms with E-state index in [1.54, 1.807) is 11.0 Å². The lowest BCUT2D eigenvalue weighted by Gasteiger charge is -2.34. The number of amides is 1. The number of methoxy groups -OCH3 is 2. The summed E-state index contributed by atoms with van der Waals surface area (Å²) in [5.74, 6) is 0.676. The van der Waals surface area contributed by atoms with E-state index in [2.05, 4.69) is 4.98 Å². The molecule has 1 fully saturated rings. The van der Waals surface area contributed by atoms with Gasteiger partial charge in [-0.05, 0) is 44.2 Å². The first-order valence-corrected chi connectivity index (χ1v) is 12.1. The summed E-state index contributed by atoms with van der Waals surface area (Å²) < 4.78 is 38.1. The number of aryl methyl sites for hydroxylation is 2. The first kappa shape index (κ1) is 23.0. The number of ether oxygens (including phenoxy) is 2. The van der Waals surface area contributed by atoms with E-state index in [1.807, 2.05) is 38.1 Å². The predicted molar refractivity (Wildman–Crippen MR) is 125 cm³/mol. The van der Waals surface area contributed by atoms with E-state index in [0.29, 0.717) is 35.8 Å². The minimum absolute atomic E-state index is 0.130. The van der Waals surface area contributed by atoms with Gasteiger partial charge in [0.15, 0.2) is 11.5 Å². The summed E-state index contributed by atoms with van der Waals surface area (Å²) in [6, 6.07) is 12.4. The molecule has 0 aliphatic carbocycles. The van der Waals surface area contributed by atoms with Gasteiger partial charge >= 0.3 is 0 Å². The summed E-state index contributed by atoms with van der Waals surface area (Å²) in [4.78, 5) is 19.6. The van der Waals surface area contributed by atoms with Gasteiger partial charge in [-0.2, -0.15) is 4.31 Å². The molecule has 1 aliphatic rings. The minimum atomic E-state index is -3.73. The van der Waals surface area contributed by atoms with Crippen molar-refractivity contribution in [2.75, 3.05) is 40.4 Å². The van der Waals surface area contributed by atoms with Crippen molar-refractivity contribution in [2.24, 2.45) is 0 Å². The SMILES string of the molecule is COc1ccc(S(=O)(=O)N2CCN(C(=O)c3cc4cc(C)ccc4nc3C)CC2)cc1OC. The van der Waals surface area contributed by atoms with Crippen molar-refractivity contribution in [1.29, 1.82) is 0 Å². The standard InChI is InChI=1S/C24H27N3O5S/c1-16-5-7-21-18(13-16)14-20(17(2)25-21)24(28)26-9-11-27(12-10-26)33(29,30)19-6-8-22(31-3)23(15-19)32-4/h5-8,13-15H,9-12H2,1-4H3. The van der Waals surface area contributed by atoms with Gasteiger partial charge in [-0.1, -0.05) is 11.6 Å². The van der Waals surface area contributed by atoms with Gasteiger partial charge in [-0.3, -0.25) is 9.78 Å². The molecule has 0 bridgehead atoms. The van der Waals surface area contributed by atoms with Crippen LogP contribution in [0.5, 0.6) is 11.5 Å². The number of piperazine rings is 1. The summed E-state index contributed by atoms with van der Waals surface area (Å²) in [6.45, 7) is 4.85. The highest BCUT2D eigenvalue weighted by Crippen LogP contribution is 2.31. The van der Waals surface area contributed by atoms with Gasteiger partial charge in [0.2, 0.25) is 10.0 Å². The number of hydrogen-bond acceptors (Lipinski definition) is 6. The van der Waals surface area contributed by atoms with Gasteiger partial charge in [-0.25, -0.2) is 8.42 Å². The molecule has 3 aromatic rings. The maximum atomic E-state index is 13.2. The Morgan fingerprint density at radius 2 is 1.61 bits per heavy atom. The Hall–Kier alpha value is -3.17. The zero-order chi connectivity index (χ0) is 23.8. The van der Waals surface area contributed by atoms with Crippen LogP contribution >= 0.6 is 0 Å². The molecule has 2 aromatic carbocycles. The molecule has 1 amide bonds. The average molecular weight is 470 g/mol. The van der Waals surface area contributed by atoms with Gasteiger partial charge in [0, 0.05) is 37.6 Å². The van der Waals surface area contributed by atoms with Gasteiger partial charge in [-0.15, -0.1) is 0 Å². The molecule has 9 heteroatoms. The third-order valence-electron chi connectivity index (χ3n) is 5.91. The second kappa shape index (κ2) is 8.99. The molecule has 1 saturated heterocycles. The summed E-state index contributed by atoms with van der Waals surface area (Å²) in [7, 11) is -0.770. The first-order valence-electron chi connectivity index (χ1n) is 10.6. The fourth-order valence-electron chi connectivity index (χ4n) is 4.04. The number of nitrogens with zero attached hydrogens (tertiary/aromatic N) is 3. The molecule has 2 heterocycles. The number of rotatable bonds is 5. The van der Waals surface area contributed by atoms with Crippen molar-refractivity contribution >= 4 is 26.8 Å². The topological polar surface area (TPSA) is 89.0 Å². The Morgan fingerprint density at radius 3 is 2.27 bits per heavy atom. The van der Waals surface area contributed by atoms with Gasteiger partial charge in [0.25, 0.3) is 5.91 Å². The van der Waals surface area contributed by atoms with Crippen LogP contribution in [-0.2, 0) is 10.0 Å². The monoisotopic (exact) mass is 469 g/mol. The van der Waals surface area contributed by atoms with Crippen LogP contribution in [0.2, 0.25) is 0 Å². The van der Waals surface area contributed by atoms with Crippen molar-refractivity contribution in [3.8, 4) is 11.5 Å². The molecule has 0 spiro atoms. The van der Waals surface area contributed by atoms with Crippen LogP contribution in [0.15, 0.2) is 47.4 Å². The molecule has 174 valence electrons. The second-order valence-corrected chi connectivity index (χ2v) is 9.97. The van der Waals surface area contributed by atoms with Crippen LogP contribution in [0.3, 0.4) is 0 Å². The van der Waals surface area contributed by atoms with Crippen molar-refractivity contribution < 1.29 is 22.7 Å². The Morgan fingerprint density at radius 1 is 0.909 bits per heavy atom. The summed E-state index contributed by atoms with van der Waals surface area (Å²) in [5.41, 5.74) is 3.15. The second-order valence-electron chi connectivity index (χ2n) is 8.03. The zero-order valence-corrected chi connectivity index (χ0v) is 20.0. The lowest BCUT2D eigenvalue weighted by molar-refractivity contribution is 0.0697. The molecule has 8 nitrogen and oxygen atoms in total. The highest BCUT2D eigenvalue weighted by Gasteiger charge is 2.31. The Kier molecular flexibility index (Phi) is 6.27. The smallest absolute Gasteiger partial charge is 0.255 e. The molecule has 4 rings (SSSR count). The number of carbonyl (C=O) groups excluding carboxylic acids is 1. The molecule has 1 aliphatic heterocycles. The lowest BCUT2D eigenvalue weighted by atomic mass is 10.1. The van der Waals surface area contributed by atoms with Crippen LogP contribution in [0.1, 0.15) is 21.6 Å². The molecule has 0 saturated carbocycles. The maximum absolute atomic E-state index is 13.2. The number of fused-ring (bicyclic) bond motifs is 1. The quantitative estimate of drug-likeness (QED) is 0.571. The number of benzene rings is 2. The largest absolute Gasteiger partial charge is 0.493 e. The molecule has 0 radical (unpaired) electrons. The number of pyridine rings is 1. The van der Waals surface area contributed by atoms with Gasteiger partial charge in [0.1, 0.15) is 0 Å². The molecule has 0 N–H and O–H groups in total. The highest BCUT2D eigenvalue weighted by molar-refractivity contribution is 7.89. The van der Waals surface area contributed by atoms with Crippen LogP contribution in [-0.4, -0.2) is 68.9 Å². The van der Waals surface area contributed by atoms with Crippen LogP contribution < -0.4 is 9.47 Å². The van der Waals surface area contributed by atoms with Crippen molar-refractivity contribution in [3.05, 3.63) is 59.3 Å². The normalized spacial score (nSPS) is 15.0. The fraction of sp³-hybridized carbons (Fsp3) is 0.333. The third-order valence-corrected chi connectivity index (χ3v) is 7.80. The summed E-state index contributed by atoms with van der Waals surface area (Å²) in [6.07, 6.45) is 0. The Bertz CT molecular complexity index is 1320. The third kappa shape index (κ3) is 4.38. The molecule has 0 unspecified atom stereocenters. The van der Waals surface area contributed by atoms with Crippen LogP contribution in [0.4, 0.5) is 0 Å². The van der Waals surface area contributed by atoms with Crippen molar-refractivity contribution in [2.45, 2.75) is 18.7 Å². The van der Waals surface area contributed by atoms with E-state index in [9.17, 15) is 13.2 Å². The molecular formula is C24H27N3O5S. The summed E-state index contributed by atoms with van der Waals surface area (Å²) in [5, 5.41) is 0.915. The highest BCUT2D eigenvalue weighted by atomic mass is 32.2. The number of sulfonamides is 1. The van der Waals surface area contributed by atoms with Crippen molar-refractivity contribution in [1.82, 2.24) is 14.2 Å². The molecule has 1 aromatic heterocycles. The fourth-order valence-corrected chi connectivity index (χ4v) is 5.47. The van der Waals surface area contributed by atoms with E-state index in [1.165, 1.54) is 30.7 Å². The maximum Gasteiger partial charge on any atom is 0.255 e. The van der Waals surface area contributed by atoms with E-state index in [4.69, 9.17) is 9.47 Å². The number of hydrogen-bond donors (Lipinski definition) is 0. The number of aromatic nitrogens is 1. The zero-order valence-electron chi connectivity index (χ0n) is 19.2. The number of carbonyl (C=O) groups is 1. The van der Waals surface area contributed by atoms with E-state index < -0.39 is 10.0 Å². The van der Waals surface area contributed by atoms with Crippen molar-refractivity contribution in [3.63, 3.8) is 0 Å². The van der Waals surface area contributed by atoms with Gasteiger partial charge in [0.05, 0.1) is 35.9 Å². The first-order chi connectivity index (χ1) is 15.7. The average Bonchev–Trinajstić information content (AvgIpc) is 2.83.